The summed E-state index contributed by atoms with van der Waals surface area (Å²) < 4.78 is 0. The normalized spacial score (nSPS) is 18.3. The molecule has 15 heavy (non-hydrogen) atoms. The standard InChI is InChI=1S/C12H16N2O/c1-9(2)14-8-7-11(13-15)10-5-3-4-6-12(10)14/h3-6,9,15H,7-8H2,1-2H3. The minimum Gasteiger partial charge on any atom is -0.411 e. The molecule has 0 saturated carbocycles. The molecule has 0 aliphatic carbocycles. The van der Waals surface area contributed by atoms with E-state index >= 15 is 0 Å². The summed E-state index contributed by atoms with van der Waals surface area (Å²) in [5.74, 6) is 0. The molecule has 0 spiro atoms. The highest BCUT2D eigenvalue weighted by atomic mass is 16.4. The second kappa shape index (κ2) is 3.93. The predicted molar refractivity (Wildman–Crippen MR) is 61.9 cm³/mol. The Morgan fingerprint density at radius 1 is 1.33 bits per heavy atom. The number of para-hydroxylation sites is 1. The Labute approximate surface area is 90.0 Å². The molecular formula is C12H16N2O. The molecule has 0 fully saturated rings. The number of fused-ring (bicyclic) bond motifs is 1. The van der Waals surface area contributed by atoms with Gasteiger partial charge >= 0.3 is 0 Å². The number of oxime groups is 1. The number of anilines is 1. The molecule has 1 N–H and O–H groups in total. The average molecular weight is 204 g/mol. The lowest BCUT2D eigenvalue weighted by molar-refractivity contribution is 0.317. The number of hydrogen-bond acceptors (Lipinski definition) is 3. The molecule has 0 bridgehead atoms. The van der Waals surface area contributed by atoms with Crippen LogP contribution in [0.3, 0.4) is 0 Å². The molecule has 1 heterocycles. The largest absolute Gasteiger partial charge is 0.411 e. The molecule has 0 radical (unpaired) electrons. The first-order valence-electron chi connectivity index (χ1n) is 5.31. The van der Waals surface area contributed by atoms with Crippen LogP contribution in [0.25, 0.3) is 0 Å². The van der Waals surface area contributed by atoms with Gasteiger partial charge < -0.3 is 10.1 Å². The Bertz CT molecular complexity index is 385. The zero-order chi connectivity index (χ0) is 10.8. The van der Waals surface area contributed by atoms with Gasteiger partial charge in [-0.15, -0.1) is 0 Å². The summed E-state index contributed by atoms with van der Waals surface area (Å²) in [6.07, 6.45) is 0.811. The smallest absolute Gasteiger partial charge is 0.0906 e. The lowest BCUT2D eigenvalue weighted by Gasteiger charge is -2.34. The van der Waals surface area contributed by atoms with E-state index in [0.717, 1.165) is 24.2 Å². The van der Waals surface area contributed by atoms with Crippen LogP contribution in [0.2, 0.25) is 0 Å². The Balaban J connectivity index is 2.48. The van der Waals surface area contributed by atoms with E-state index in [2.05, 4.69) is 30.0 Å². The van der Waals surface area contributed by atoms with Crippen LogP contribution in [-0.2, 0) is 0 Å². The maximum absolute atomic E-state index is 8.93. The Kier molecular flexibility index (Phi) is 2.62. The van der Waals surface area contributed by atoms with E-state index in [1.165, 1.54) is 5.69 Å². The number of benzene rings is 1. The van der Waals surface area contributed by atoms with Gasteiger partial charge in [0.2, 0.25) is 0 Å². The van der Waals surface area contributed by atoms with Crippen LogP contribution in [0, 0.1) is 0 Å². The Morgan fingerprint density at radius 3 is 2.73 bits per heavy atom. The quantitative estimate of drug-likeness (QED) is 0.563. The van der Waals surface area contributed by atoms with Crippen LogP contribution in [-0.4, -0.2) is 23.5 Å². The van der Waals surface area contributed by atoms with E-state index in [1.807, 2.05) is 18.2 Å². The van der Waals surface area contributed by atoms with E-state index in [-0.39, 0.29) is 0 Å². The molecule has 3 nitrogen and oxygen atoms in total. The first-order chi connectivity index (χ1) is 7.24. The van der Waals surface area contributed by atoms with Gasteiger partial charge in [0.05, 0.1) is 5.71 Å². The SMILES string of the molecule is CC(C)N1CCC(=NO)c2ccccc21. The Morgan fingerprint density at radius 2 is 2.07 bits per heavy atom. The van der Waals surface area contributed by atoms with Crippen LogP contribution < -0.4 is 4.90 Å². The van der Waals surface area contributed by atoms with Crippen molar-refractivity contribution >= 4 is 11.4 Å². The van der Waals surface area contributed by atoms with Crippen LogP contribution in [0.1, 0.15) is 25.8 Å². The highest BCUT2D eigenvalue weighted by molar-refractivity contribution is 6.06. The highest BCUT2D eigenvalue weighted by Gasteiger charge is 2.22. The van der Waals surface area contributed by atoms with Gasteiger partial charge in [0.1, 0.15) is 0 Å². The lowest BCUT2D eigenvalue weighted by Crippen LogP contribution is -2.37. The molecule has 0 atom stereocenters. The van der Waals surface area contributed by atoms with Crippen molar-refractivity contribution in [2.75, 3.05) is 11.4 Å². The molecule has 0 unspecified atom stereocenters. The molecule has 80 valence electrons. The summed E-state index contributed by atoms with van der Waals surface area (Å²) >= 11 is 0. The molecule has 1 aromatic rings. The molecule has 0 saturated heterocycles. The maximum Gasteiger partial charge on any atom is 0.0906 e. The van der Waals surface area contributed by atoms with Crippen molar-refractivity contribution in [2.24, 2.45) is 5.16 Å². The fourth-order valence-corrected chi connectivity index (χ4v) is 2.09. The molecule has 0 aromatic heterocycles. The molecule has 3 heteroatoms. The average Bonchev–Trinajstić information content (AvgIpc) is 2.27. The molecule has 1 aliphatic rings. The summed E-state index contributed by atoms with van der Waals surface area (Å²) in [5.41, 5.74) is 3.02. The fourth-order valence-electron chi connectivity index (χ4n) is 2.09. The van der Waals surface area contributed by atoms with E-state index in [0.29, 0.717) is 6.04 Å². The van der Waals surface area contributed by atoms with Gasteiger partial charge in [-0.05, 0) is 19.9 Å². The van der Waals surface area contributed by atoms with Gasteiger partial charge in [0.25, 0.3) is 0 Å². The number of nitrogens with zero attached hydrogens (tertiary/aromatic N) is 2. The highest BCUT2D eigenvalue weighted by Crippen LogP contribution is 2.28. The Hall–Kier alpha value is -1.51. The third kappa shape index (κ3) is 1.69. The van der Waals surface area contributed by atoms with Crippen LogP contribution in [0.15, 0.2) is 29.4 Å². The van der Waals surface area contributed by atoms with E-state index in [9.17, 15) is 0 Å². The van der Waals surface area contributed by atoms with E-state index in [4.69, 9.17) is 5.21 Å². The van der Waals surface area contributed by atoms with Crippen LogP contribution in [0.5, 0.6) is 0 Å². The molecule has 1 aromatic carbocycles. The molecule has 1 aliphatic heterocycles. The van der Waals surface area contributed by atoms with Crippen molar-refractivity contribution in [2.45, 2.75) is 26.3 Å². The predicted octanol–water partition coefficient (Wildman–Crippen LogP) is 2.48. The number of rotatable bonds is 1. The minimum atomic E-state index is 0.478. The zero-order valence-electron chi connectivity index (χ0n) is 9.14. The minimum absolute atomic E-state index is 0.478. The summed E-state index contributed by atoms with van der Waals surface area (Å²) in [6.45, 7) is 5.28. The fraction of sp³-hybridized carbons (Fsp3) is 0.417. The van der Waals surface area contributed by atoms with Gasteiger partial charge in [0.15, 0.2) is 0 Å². The third-order valence-corrected chi connectivity index (χ3v) is 2.86. The topological polar surface area (TPSA) is 35.8 Å². The molecule has 2 rings (SSSR count). The zero-order valence-corrected chi connectivity index (χ0v) is 9.14. The van der Waals surface area contributed by atoms with E-state index < -0.39 is 0 Å². The van der Waals surface area contributed by atoms with Crippen molar-refractivity contribution < 1.29 is 5.21 Å². The first kappa shape index (κ1) is 10.0. The van der Waals surface area contributed by atoms with Gasteiger partial charge in [0, 0.05) is 30.3 Å². The van der Waals surface area contributed by atoms with Gasteiger partial charge in [-0.2, -0.15) is 0 Å². The summed E-state index contributed by atoms with van der Waals surface area (Å²) in [4.78, 5) is 2.34. The van der Waals surface area contributed by atoms with Gasteiger partial charge in [-0.25, -0.2) is 0 Å². The number of hydrogen-bond donors (Lipinski definition) is 1. The summed E-state index contributed by atoms with van der Waals surface area (Å²) in [7, 11) is 0. The van der Waals surface area contributed by atoms with Crippen LogP contribution >= 0.6 is 0 Å². The van der Waals surface area contributed by atoms with Gasteiger partial charge in [-0.1, -0.05) is 23.4 Å². The van der Waals surface area contributed by atoms with Crippen molar-refractivity contribution in [1.82, 2.24) is 0 Å². The molecule has 0 amide bonds. The van der Waals surface area contributed by atoms with Crippen molar-refractivity contribution in [3.05, 3.63) is 29.8 Å². The van der Waals surface area contributed by atoms with Crippen molar-refractivity contribution in [3.8, 4) is 0 Å². The van der Waals surface area contributed by atoms with E-state index in [1.54, 1.807) is 0 Å². The third-order valence-electron chi connectivity index (χ3n) is 2.86. The first-order valence-corrected chi connectivity index (χ1v) is 5.31. The van der Waals surface area contributed by atoms with Crippen molar-refractivity contribution in [3.63, 3.8) is 0 Å². The van der Waals surface area contributed by atoms with Crippen molar-refractivity contribution in [1.29, 1.82) is 0 Å². The van der Waals surface area contributed by atoms with Gasteiger partial charge in [-0.3, -0.25) is 0 Å². The van der Waals surface area contributed by atoms with Crippen LogP contribution in [0.4, 0.5) is 5.69 Å². The molecular weight excluding hydrogens is 188 g/mol. The second-order valence-corrected chi connectivity index (χ2v) is 4.10. The monoisotopic (exact) mass is 204 g/mol. The maximum atomic E-state index is 8.93. The summed E-state index contributed by atoms with van der Waals surface area (Å²) in [6, 6.07) is 8.58. The lowest BCUT2D eigenvalue weighted by atomic mass is 9.98. The second-order valence-electron chi connectivity index (χ2n) is 4.10. The summed E-state index contributed by atoms with van der Waals surface area (Å²) in [5, 5.41) is 12.3.